The second-order valence-electron chi connectivity index (χ2n) is 4.70. The van der Waals surface area contributed by atoms with Crippen LogP contribution >= 0.6 is 11.6 Å². The lowest BCUT2D eigenvalue weighted by molar-refractivity contribution is -0.126. The van der Waals surface area contributed by atoms with Gasteiger partial charge in [0.1, 0.15) is 0 Å². The van der Waals surface area contributed by atoms with E-state index in [0.29, 0.717) is 21.8 Å². The molecule has 2 aromatic carbocycles. The Morgan fingerprint density at radius 3 is 2.39 bits per heavy atom. The van der Waals surface area contributed by atoms with Crippen LogP contribution in [-0.4, -0.2) is 26.1 Å². The first-order chi connectivity index (χ1) is 11.1. The van der Waals surface area contributed by atoms with Gasteiger partial charge in [-0.05, 0) is 23.8 Å². The first-order valence-corrected chi connectivity index (χ1v) is 7.21. The van der Waals surface area contributed by atoms with Gasteiger partial charge in [-0.3, -0.25) is 4.79 Å². The van der Waals surface area contributed by atoms with E-state index in [2.05, 4.69) is 10.1 Å². The molecule has 0 fully saturated rings. The number of anilines is 1. The van der Waals surface area contributed by atoms with Crippen LogP contribution in [0.5, 0.6) is 0 Å². The smallest absolute Gasteiger partial charge is 0.337 e. The summed E-state index contributed by atoms with van der Waals surface area (Å²) >= 11 is 6.07. The van der Waals surface area contributed by atoms with Crippen molar-refractivity contribution in [2.45, 2.75) is 6.10 Å². The molecule has 0 aliphatic carbocycles. The number of methoxy groups -OCH3 is 2. The van der Waals surface area contributed by atoms with Crippen molar-refractivity contribution in [2.75, 3.05) is 19.5 Å². The predicted octanol–water partition coefficient (Wildman–Crippen LogP) is 3.45. The van der Waals surface area contributed by atoms with Crippen molar-refractivity contribution in [1.29, 1.82) is 0 Å². The van der Waals surface area contributed by atoms with Crippen LogP contribution in [-0.2, 0) is 14.3 Å². The Morgan fingerprint density at radius 2 is 1.78 bits per heavy atom. The van der Waals surface area contributed by atoms with Gasteiger partial charge >= 0.3 is 5.97 Å². The summed E-state index contributed by atoms with van der Waals surface area (Å²) in [4.78, 5) is 24.0. The number of carbonyl (C=O) groups excluding carboxylic acids is 2. The maximum Gasteiger partial charge on any atom is 0.337 e. The zero-order chi connectivity index (χ0) is 16.8. The van der Waals surface area contributed by atoms with Gasteiger partial charge in [0.25, 0.3) is 5.91 Å². The Kier molecular flexibility index (Phi) is 5.73. The Balaban J connectivity index is 2.23. The number of ether oxygens (including phenoxy) is 2. The molecule has 0 aromatic heterocycles. The Hall–Kier alpha value is -2.37. The highest BCUT2D eigenvalue weighted by Gasteiger charge is 2.21. The number of rotatable bonds is 5. The fourth-order valence-electron chi connectivity index (χ4n) is 2.09. The van der Waals surface area contributed by atoms with E-state index >= 15 is 0 Å². The van der Waals surface area contributed by atoms with Gasteiger partial charge in [0.05, 0.1) is 23.4 Å². The molecule has 0 aliphatic rings. The van der Waals surface area contributed by atoms with E-state index in [1.54, 1.807) is 12.1 Å². The third kappa shape index (κ3) is 4.09. The molecule has 23 heavy (non-hydrogen) atoms. The van der Waals surface area contributed by atoms with Gasteiger partial charge in [0, 0.05) is 7.11 Å². The van der Waals surface area contributed by atoms with E-state index in [9.17, 15) is 9.59 Å². The molecular formula is C17H16ClNO4. The molecule has 6 heteroatoms. The zero-order valence-corrected chi connectivity index (χ0v) is 13.5. The number of amides is 1. The molecule has 0 bridgehead atoms. The Bertz CT molecular complexity index is 703. The summed E-state index contributed by atoms with van der Waals surface area (Å²) in [5.74, 6) is -0.897. The minimum atomic E-state index is -0.783. The van der Waals surface area contributed by atoms with Crippen molar-refractivity contribution in [1.82, 2.24) is 0 Å². The summed E-state index contributed by atoms with van der Waals surface area (Å²) in [6, 6.07) is 13.6. The maximum absolute atomic E-state index is 12.4. The molecule has 5 nitrogen and oxygen atoms in total. The number of carbonyl (C=O) groups is 2. The monoisotopic (exact) mass is 333 g/mol. The zero-order valence-electron chi connectivity index (χ0n) is 12.7. The summed E-state index contributed by atoms with van der Waals surface area (Å²) in [5, 5.41) is 2.99. The third-order valence-electron chi connectivity index (χ3n) is 3.22. The molecule has 0 radical (unpaired) electrons. The number of hydrogen-bond acceptors (Lipinski definition) is 4. The molecular weight excluding hydrogens is 318 g/mol. The lowest BCUT2D eigenvalue weighted by atomic mass is 10.1. The summed E-state index contributed by atoms with van der Waals surface area (Å²) in [6.45, 7) is 0. The number of nitrogens with one attached hydrogen (secondary N) is 1. The maximum atomic E-state index is 12.4. The topological polar surface area (TPSA) is 64.6 Å². The van der Waals surface area contributed by atoms with Crippen LogP contribution in [0.1, 0.15) is 22.0 Å². The average Bonchev–Trinajstić information content (AvgIpc) is 2.57. The number of benzene rings is 2. The molecule has 120 valence electrons. The number of halogens is 1. The van der Waals surface area contributed by atoms with Crippen LogP contribution in [0.3, 0.4) is 0 Å². The minimum Gasteiger partial charge on any atom is -0.465 e. The molecule has 1 atom stereocenters. The minimum absolute atomic E-state index is 0.292. The fourth-order valence-corrected chi connectivity index (χ4v) is 2.25. The molecule has 1 amide bonds. The van der Waals surface area contributed by atoms with E-state index in [0.717, 1.165) is 0 Å². The summed E-state index contributed by atoms with van der Waals surface area (Å²) in [5.41, 5.74) is 1.33. The van der Waals surface area contributed by atoms with Crippen molar-refractivity contribution in [3.05, 3.63) is 64.7 Å². The van der Waals surface area contributed by atoms with E-state index in [-0.39, 0.29) is 5.91 Å². The molecule has 0 unspecified atom stereocenters. The molecule has 2 aromatic rings. The second-order valence-corrected chi connectivity index (χ2v) is 5.11. The highest BCUT2D eigenvalue weighted by atomic mass is 35.5. The van der Waals surface area contributed by atoms with Crippen LogP contribution in [0, 0.1) is 0 Å². The van der Waals surface area contributed by atoms with E-state index in [1.807, 2.05) is 18.2 Å². The second kappa shape index (κ2) is 7.76. The van der Waals surface area contributed by atoms with Crippen molar-refractivity contribution < 1.29 is 19.1 Å². The van der Waals surface area contributed by atoms with Crippen molar-refractivity contribution in [3.8, 4) is 0 Å². The molecule has 0 saturated carbocycles. The first-order valence-electron chi connectivity index (χ1n) is 6.83. The lowest BCUT2D eigenvalue weighted by Gasteiger charge is -2.16. The molecule has 2 rings (SSSR count). The van der Waals surface area contributed by atoms with Gasteiger partial charge in [-0.25, -0.2) is 4.79 Å². The number of esters is 1. The predicted molar refractivity (Wildman–Crippen MR) is 87.6 cm³/mol. The number of hydrogen-bond donors (Lipinski definition) is 1. The van der Waals surface area contributed by atoms with Crippen LogP contribution in [0.15, 0.2) is 48.5 Å². The molecule has 0 saturated heterocycles. The van der Waals surface area contributed by atoms with Gasteiger partial charge in [-0.15, -0.1) is 0 Å². The quantitative estimate of drug-likeness (QED) is 0.851. The highest BCUT2D eigenvalue weighted by molar-refractivity contribution is 6.33. The van der Waals surface area contributed by atoms with Crippen LogP contribution in [0.4, 0.5) is 5.69 Å². The molecule has 0 spiro atoms. The van der Waals surface area contributed by atoms with Crippen molar-refractivity contribution in [3.63, 3.8) is 0 Å². The van der Waals surface area contributed by atoms with Gasteiger partial charge in [-0.2, -0.15) is 0 Å². The largest absolute Gasteiger partial charge is 0.465 e. The third-order valence-corrected chi connectivity index (χ3v) is 3.55. The van der Waals surface area contributed by atoms with E-state index in [1.165, 1.54) is 32.4 Å². The Morgan fingerprint density at radius 1 is 1.09 bits per heavy atom. The first kappa shape index (κ1) is 17.0. The van der Waals surface area contributed by atoms with Crippen LogP contribution in [0.2, 0.25) is 5.02 Å². The molecule has 1 N–H and O–H groups in total. The summed E-state index contributed by atoms with van der Waals surface area (Å²) < 4.78 is 9.92. The standard InChI is InChI=1S/C17H16ClNO4/c1-22-15(11-6-4-3-5-7-11)16(20)19-14-10-12(17(21)23-2)8-9-13(14)18/h3-10,15H,1-2H3,(H,19,20)/t15-/m0/s1. The SMILES string of the molecule is COC(=O)c1ccc(Cl)c(NC(=O)[C@@H](OC)c2ccccc2)c1. The van der Waals surface area contributed by atoms with Crippen molar-refractivity contribution >= 4 is 29.2 Å². The van der Waals surface area contributed by atoms with Gasteiger partial charge in [0.15, 0.2) is 6.10 Å². The summed E-state index contributed by atoms with van der Waals surface area (Å²) in [6.07, 6.45) is -0.783. The van der Waals surface area contributed by atoms with Gasteiger partial charge in [-0.1, -0.05) is 41.9 Å². The lowest BCUT2D eigenvalue weighted by Crippen LogP contribution is -2.23. The van der Waals surface area contributed by atoms with Gasteiger partial charge in [0.2, 0.25) is 0 Å². The Labute approximate surface area is 139 Å². The molecule has 0 aliphatic heterocycles. The van der Waals surface area contributed by atoms with E-state index < -0.39 is 12.1 Å². The van der Waals surface area contributed by atoms with Crippen molar-refractivity contribution in [2.24, 2.45) is 0 Å². The molecule has 0 heterocycles. The van der Waals surface area contributed by atoms with Gasteiger partial charge < -0.3 is 14.8 Å². The van der Waals surface area contributed by atoms with E-state index in [4.69, 9.17) is 16.3 Å². The average molecular weight is 334 g/mol. The highest BCUT2D eigenvalue weighted by Crippen LogP contribution is 2.26. The summed E-state index contributed by atoms with van der Waals surface area (Å²) in [7, 11) is 2.73. The fraction of sp³-hybridized carbons (Fsp3) is 0.176. The van der Waals surface area contributed by atoms with Crippen LogP contribution in [0.25, 0.3) is 0 Å². The normalized spacial score (nSPS) is 11.6. The van der Waals surface area contributed by atoms with Crippen LogP contribution < -0.4 is 5.32 Å².